The summed E-state index contributed by atoms with van der Waals surface area (Å²) in [4.78, 5) is 2.29. The fraction of sp³-hybridized carbons (Fsp3) is 0.800. The molecule has 0 unspecified atom stereocenters. The summed E-state index contributed by atoms with van der Waals surface area (Å²) in [7, 11) is 1.76. The second-order valence-corrected chi connectivity index (χ2v) is 3.80. The third kappa shape index (κ3) is 1.80. The standard InChI is InChI=1S/C10H17NO/c1-5-10(2,3)11-7-6-9(8-11)12-4/h1,9H,6-8H2,2-4H3/t9-/m1/s1. The highest BCUT2D eigenvalue weighted by molar-refractivity contribution is 5.09. The SMILES string of the molecule is C#CC(C)(C)N1CC[C@@H](OC)C1. The molecule has 68 valence electrons. The minimum atomic E-state index is -0.118. The largest absolute Gasteiger partial charge is 0.380 e. The maximum Gasteiger partial charge on any atom is 0.0767 e. The van der Waals surface area contributed by atoms with Gasteiger partial charge in [0.2, 0.25) is 0 Å². The minimum absolute atomic E-state index is 0.118. The Balaban J connectivity index is 2.53. The van der Waals surface area contributed by atoms with Crippen LogP contribution < -0.4 is 0 Å². The van der Waals surface area contributed by atoms with E-state index in [4.69, 9.17) is 11.2 Å². The molecule has 0 amide bonds. The molecule has 0 aromatic rings. The zero-order valence-corrected chi connectivity index (χ0v) is 8.13. The van der Waals surface area contributed by atoms with Crippen molar-refractivity contribution in [3.05, 3.63) is 0 Å². The predicted octanol–water partition coefficient (Wildman–Crippen LogP) is 1.12. The Bertz CT molecular complexity index is 193. The van der Waals surface area contributed by atoms with E-state index in [-0.39, 0.29) is 5.54 Å². The zero-order chi connectivity index (χ0) is 9.19. The summed E-state index contributed by atoms with van der Waals surface area (Å²) in [6, 6.07) is 0. The topological polar surface area (TPSA) is 12.5 Å². The molecule has 0 radical (unpaired) electrons. The van der Waals surface area contributed by atoms with Crippen LogP contribution in [0.4, 0.5) is 0 Å². The van der Waals surface area contributed by atoms with E-state index in [0.717, 1.165) is 19.5 Å². The van der Waals surface area contributed by atoms with Crippen molar-refractivity contribution < 1.29 is 4.74 Å². The smallest absolute Gasteiger partial charge is 0.0767 e. The monoisotopic (exact) mass is 167 g/mol. The molecule has 0 bridgehead atoms. The van der Waals surface area contributed by atoms with Gasteiger partial charge in [0, 0.05) is 20.2 Å². The Hall–Kier alpha value is -0.520. The van der Waals surface area contributed by atoms with Crippen LogP contribution in [0.5, 0.6) is 0 Å². The van der Waals surface area contributed by atoms with Crippen LogP contribution in [0, 0.1) is 12.3 Å². The molecule has 1 rings (SSSR count). The van der Waals surface area contributed by atoms with E-state index in [1.54, 1.807) is 7.11 Å². The first-order valence-corrected chi connectivity index (χ1v) is 4.36. The van der Waals surface area contributed by atoms with Gasteiger partial charge in [-0.1, -0.05) is 5.92 Å². The van der Waals surface area contributed by atoms with E-state index in [1.165, 1.54) is 0 Å². The Labute approximate surface area is 74.9 Å². The third-order valence-electron chi connectivity index (χ3n) is 2.62. The van der Waals surface area contributed by atoms with Crippen molar-refractivity contribution >= 4 is 0 Å². The molecule has 12 heavy (non-hydrogen) atoms. The second kappa shape index (κ2) is 3.47. The van der Waals surface area contributed by atoms with Crippen molar-refractivity contribution in [3.8, 4) is 12.3 Å². The van der Waals surface area contributed by atoms with Crippen molar-refractivity contribution in [3.63, 3.8) is 0 Å². The summed E-state index contributed by atoms with van der Waals surface area (Å²) in [6.45, 7) is 6.17. The molecular formula is C10H17NO. The van der Waals surface area contributed by atoms with Crippen molar-refractivity contribution in [2.24, 2.45) is 0 Å². The van der Waals surface area contributed by atoms with Gasteiger partial charge >= 0.3 is 0 Å². The van der Waals surface area contributed by atoms with Crippen LogP contribution in [0.2, 0.25) is 0 Å². The summed E-state index contributed by atoms with van der Waals surface area (Å²) in [5, 5.41) is 0. The lowest BCUT2D eigenvalue weighted by molar-refractivity contribution is 0.0964. The van der Waals surface area contributed by atoms with Crippen LogP contribution in [0.3, 0.4) is 0 Å². The van der Waals surface area contributed by atoms with Crippen LogP contribution in [-0.2, 0) is 4.74 Å². The molecule has 1 aliphatic heterocycles. The first-order chi connectivity index (χ1) is 5.60. The van der Waals surface area contributed by atoms with Gasteiger partial charge in [-0.2, -0.15) is 0 Å². The van der Waals surface area contributed by atoms with Gasteiger partial charge < -0.3 is 4.74 Å². The highest BCUT2D eigenvalue weighted by atomic mass is 16.5. The van der Waals surface area contributed by atoms with Crippen LogP contribution in [0.25, 0.3) is 0 Å². The van der Waals surface area contributed by atoms with Crippen LogP contribution in [-0.4, -0.2) is 36.7 Å². The summed E-state index contributed by atoms with van der Waals surface area (Å²) in [5.41, 5.74) is -0.118. The van der Waals surface area contributed by atoms with Crippen molar-refractivity contribution in [2.45, 2.75) is 31.9 Å². The van der Waals surface area contributed by atoms with Crippen LogP contribution in [0.1, 0.15) is 20.3 Å². The lowest BCUT2D eigenvalue weighted by atomic mass is 10.1. The molecule has 0 spiro atoms. The van der Waals surface area contributed by atoms with E-state index in [1.807, 2.05) is 0 Å². The Morgan fingerprint density at radius 2 is 2.25 bits per heavy atom. The molecule has 1 saturated heterocycles. The second-order valence-electron chi connectivity index (χ2n) is 3.80. The quantitative estimate of drug-likeness (QED) is 0.571. The van der Waals surface area contributed by atoms with E-state index in [9.17, 15) is 0 Å². The summed E-state index contributed by atoms with van der Waals surface area (Å²) < 4.78 is 5.27. The van der Waals surface area contributed by atoms with E-state index >= 15 is 0 Å². The first kappa shape index (κ1) is 9.57. The molecule has 1 aliphatic rings. The molecule has 1 atom stereocenters. The lowest BCUT2D eigenvalue weighted by Gasteiger charge is -2.30. The number of likely N-dealkylation sites (tertiary alicyclic amines) is 1. The summed E-state index contributed by atoms with van der Waals surface area (Å²) in [6.07, 6.45) is 6.91. The highest BCUT2D eigenvalue weighted by Gasteiger charge is 2.31. The number of terminal acetylenes is 1. The molecule has 0 aromatic heterocycles. The van der Waals surface area contributed by atoms with E-state index in [2.05, 4.69) is 24.7 Å². The van der Waals surface area contributed by atoms with Gasteiger partial charge in [0.1, 0.15) is 0 Å². The van der Waals surface area contributed by atoms with E-state index in [0.29, 0.717) is 6.10 Å². The van der Waals surface area contributed by atoms with Gasteiger partial charge in [-0.15, -0.1) is 6.42 Å². The van der Waals surface area contributed by atoms with Crippen LogP contribution >= 0.6 is 0 Å². The highest BCUT2D eigenvalue weighted by Crippen LogP contribution is 2.21. The Morgan fingerprint density at radius 1 is 1.58 bits per heavy atom. The fourth-order valence-corrected chi connectivity index (χ4v) is 1.52. The average molecular weight is 167 g/mol. The normalized spacial score (nSPS) is 25.7. The Morgan fingerprint density at radius 3 is 2.67 bits per heavy atom. The van der Waals surface area contributed by atoms with Gasteiger partial charge in [-0.3, -0.25) is 4.90 Å². The zero-order valence-electron chi connectivity index (χ0n) is 8.13. The number of hydrogen-bond acceptors (Lipinski definition) is 2. The summed E-state index contributed by atoms with van der Waals surface area (Å²) in [5.74, 6) is 2.80. The Kier molecular flexibility index (Phi) is 2.76. The van der Waals surface area contributed by atoms with Crippen LogP contribution in [0.15, 0.2) is 0 Å². The molecule has 1 heterocycles. The molecule has 1 fully saturated rings. The molecule has 0 N–H and O–H groups in total. The van der Waals surface area contributed by atoms with Crippen molar-refractivity contribution in [1.29, 1.82) is 0 Å². The van der Waals surface area contributed by atoms with Gasteiger partial charge in [0.15, 0.2) is 0 Å². The first-order valence-electron chi connectivity index (χ1n) is 4.36. The number of nitrogens with zero attached hydrogens (tertiary/aromatic N) is 1. The molecule has 0 aromatic carbocycles. The average Bonchev–Trinajstić information content (AvgIpc) is 2.52. The number of ether oxygens (including phenoxy) is 1. The van der Waals surface area contributed by atoms with Crippen molar-refractivity contribution in [1.82, 2.24) is 4.90 Å². The maximum atomic E-state index is 5.44. The van der Waals surface area contributed by atoms with Gasteiger partial charge in [0.05, 0.1) is 11.6 Å². The predicted molar refractivity (Wildman–Crippen MR) is 49.9 cm³/mol. The molecule has 2 heteroatoms. The fourth-order valence-electron chi connectivity index (χ4n) is 1.52. The molecule has 0 saturated carbocycles. The maximum absolute atomic E-state index is 5.44. The van der Waals surface area contributed by atoms with Gasteiger partial charge in [0.25, 0.3) is 0 Å². The third-order valence-corrected chi connectivity index (χ3v) is 2.62. The minimum Gasteiger partial charge on any atom is -0.380 e. The van der Waals surface area contributed by atoms with Crippen molar-refractivity contribution in [2.75, 3.05) is 20.2 Å². The lowest BCUT2D eigenvalue weighted by Crippen LogP contribution is -2.41. The van der Waals surface area contributed by atoms with E-state index < -0.39 is 0 Å². The number of rotatable bonds is 2. The van der Waals surface area contributed by atoms with Gasteiger partial charge in [-0.25, -0.2) is 0 Å². The molecule has 2 nitrogen and oxygen atoms in total. The van der Waals surface area contributed by atoms with Gasteiger partial charge in [-0.05, 0) is 20.3 Å². The number of methoxy groups -OCH3 is 1. The summed E-state index contributed by atoms with van der Waals surface area (Å²) >= 11 is 0. The number of hydrogen-bond donors (Lipinski definition) is 0. The molecular weight excluding hydrogens is 150 g/mol. The molecule has 0 aliphatic carbocycles.